The van der Waals surface area contributed by atoms with Gasteiger partial charge in [-0.3, -0.25) is 4.98 Å². The highest BCUT2D eigenvalue weighted by atomic mass is 32.2. The van der Waals surface area contributed by atoms with Gasteiger partial charge >= 0.3 is 6.09 Å². The molecule has 0 aliphatic heterocycles. The Morgan fingerprint density at radius 2 is 1.61 bits per heavy atom. The van der Waals surface area contributed by atoms with Crippen molar-refractivity contribution in [3.63, 3.8) is 0 Å². The molecule has 2 aromatic carbocycles. The number of carboxylic acid groups (broad SMARTS) is 1. The maximum absolute atomic E-state index is 12.9. The Bertz CT molecular complexity index is 1520. The predicted molar refractivity (Wildman–Crippen MR) is 140 cm³/mol. The molecule has 36 heavy (non-hydrogen) atoms. The minimum atomic E-state index is -4.16. The van der Waals surface area contributed by atoms with E-state index in [1.54, 1.807) is 12.1 Å². The summed E-state index contributed by atoms with van der Waals surface area (Å²) in [6.45, 7) is 9.74. The van der Waals surface area contributed by atoms with E-state index in [0.717, 1.165) is 50.5 Å². The number of pyridine rings is 1. The van der Waals surface area contributed by atoms with Gasteiger partial charge in [0.15, 0.2) is 0 Å². The minimum Gasteiger partial charge on any atom is -0.464 e. The van der Waals surface area contributed by atoms with E-state index in [1.165, 1.54) is 12.1 Å². The second kappa shape index (κ2) is 9.73. The van der Waals surface area contributed by atoms with Crippen molar-refractivity contribution in [2.45, 2.75) is 51.9 Å². The lowest BCUT2D eigenvalue weighted by Gasteiger charge is -2.19. The molecule has 0 saturated heterocycles. The highest BCUT2D eigenvalue weighted by Crippen LogP contribution is 2.32. The van der Waals surface area contributed by atoms with Gasteiger partial charge in [-0.15, -0.1) is 0 Å². The molecule has 188 valence electrons. The topological polar surface area (TPSA) is 116 Å². The number of carbonyl (C=O) groups is 1. The fourth-order valence-corrected chi connectivity index (χ4v) is 5.48. The fraction of sp³-hybridized carbons (Fsp3) is 0.296. The molecule has 0 radical (unpaired) electrons. The molecule has 4 aromatic rings. The third-order valence-corrected chi connectivity index (χ3v) is 8.02. The summed E-state index contributed by atoms with van der Waals surface area (Å²) in [6.07, 6.45) is -1.26. The lowest BCUT2D eigenvalue weighted by atomic mass is 10.00. The zero-order valence-corrected chi connectivity index (χ0v) is 21.8. The maximum Gasteiger partial charge on any atom is 0.421 e. The van der Waals surface area contributed by atoms with Gasteiger partial charge in [-0.05, 0) is 50.5 Å². The Balaban J connectivity index is 1.60. The van der Waals surface area contributed by atoms with E-state index in [0.29, 0.717) is 4.31 Å². The Morgan fingerprint density at radius 3 is 2.19 bits per heavy atom. The molecule has 8 nitrogen and oxygen atoms in total. The number of imidazole rings is 1. The van der Waals surface area contributed by atoms with Gasteiger partial charge in [0, 0.05) is 23.7 Å². The zero-order valence-electron chi connectivity index (χ0n) is 21.0. The summed E-state index contributed by atoms with van der Waals surface area (Å²) in [5.41, 5.74) is 7.16. The SMILES string of the molecule is Cc1ccc(S(=O)(=O)N(CCc2ccc(-c3c(C)nc(C)c4[nH]c(C(C)C)nc34)cc2)C(=O)O)cc1. The molecule has 9 heteroatoms. The highest BCUT2D eigenvalue weighted by molar-refractivity contribution is 7.89. The van der Waals surface area contributed by atoms with E-state index in [-0.39, 0.29) is 23.8 Å². The summed E-state index contributed by atoms with van der Waals surface area (Å²) in [6, 6.07) is 13.8. The summed E-state index contributed by atoms with van der Waals surface area (Å²) in [5.74, 6) is 1.16. The molecule has 0 spiro atoms. The van der Waals surface area contributed by atoms with Gasteiger partial charge in [-0.1, -0.05) is 55.8 Å². The van der Waals surface area contributed by atoms with Gasteiger partial charge in [-0.2, -0.15) is 0 Å². The summed E-state index contributed by atoms with van der Waals surface area (Å²) < 4.78 is 26.3. The number of H-pyrrole nitrogens is 1. The normalized spacial score (nSPS) is 11.8. The molecule has 0 bridgehead atoms. The first-order valence-electron chi connectivity index (χ1n) is 11.8. The number of aromatic nitrogens is 3. The number of nitrogens with zero attached hydrogens (tertiary/aromatic N) is 3. The van der Waals surface area contributed by atoms with Crippen LogP contribution >= 0.6 is 0 Å². The van der Waals surface area contributed by atoms with Crippen molar-refractivity contribution >= 4 is 27.1 Å². The van der Waals surface area contributed by atoms with Crippen LogP contribution in [0.25, 0.3) is 22.2 Å². The van der Waals surface area contributed by atoms with Crippen molar-refractivity contribution in [1.82, 2.24) is 19.3 Å². The first-order valence-corrected chi connectivity index (χ1v) is 13.2. The molecule has 4 rings (SSSR count). The number of hydrogen-bond donors (Lipinski definition) is 2. The third-order valence-electron chi connectivity index (χ3n) is 6.23. The number of fused-ring (bicyclic) bond motifs is 1. The largest absolute Gasteiger partial charge is 0.464 e. The first-order chi connectivity index (χ1) is 17.0. The van der Waals surface area contributed by atoms with Crippen LogP contribution in [0.15, 0.2) is 53.4 Å². The molecular weight excluding hydrogens is 476 g/mol. The molecule has 0 saturated carbocycles. The van der Waals surface area contributed by atoms with Crippen LogP contribution in [0.5, 0.6) is 0 Å². The van der Waals surface area contributed by atoms with Crippen LogP contribution in [0.2, 0.25) is 0 Å². The van der Waals surface area contributed by atoms with Crippen LogP contribution in [0, 0.1) is 20.8 Å². The van der Waals surface area contributed by atoms with Gasteiger partial charge < -0.3 is 10.1 Å². The van der Waals surface area contributed by atoms with Gasteiger partial charge in [0.05, 0.1) is 16.1 Å². The lowest BCUT2D eigenvalue weighted by molar-refractivity contribution is 0.172. The van der Waals surface area contributed by atoms with E-state index in [9.17, 15) is 18.3 Å². The van der Waals surface area contributed by atoms with Crippen molar-refractivity contribution in [3.8, 4) is 11.1 Å². The Kier molecular flexibility index (Phi) is 6.86. The predicted octanol–water partition coefficient (Wildman–Crippen LogP) is 5.58. The second-order valence-electron chi connectivity index (χ2n) is 9.28. The van der Waals surface area contributed by atoms with Crippen molar-refractivity contribution in [3.05, 3.63) is 76.9 Å². The van der Waals surface area contributed by atoms with E-state index >= 15 is 0 Å². The Hall–Kier alpha value is -3.72. The Morgan fingerprint density at radius 1 is 0.972 bits per heavy atom. The van der Waals surface area contributed by atoms with E-state index < -0.39 is 16.1 Å². The average molecular weight is 507 g/mol. The van der Waals surface area contributed by atoms with Crippen LogP contribution in [0.1, 0.15) is 48.1 Å². The number of hydrogen-bond acceptors (Lipinski definition) is 5. The van der Waals surface area contributed by atoms with Gasteiger partial charge in [-0.25, -0.2) is 22.5 Å². The Labute approximate surface area is 211 Å². The number of amides is 1. The van der Waals surface area contributed by atoms with Crippen LogP contribution < -0.4 is 0 Å². The highest BCUT2D eigenvalue weighted by Gasteiger charge is 2.28. The number of sulfonamides is 1. The zero-order chi connectivity index (χ0) is 26.2. The van der Waals surface area contributed by atoms with Gasteiger partial charge in [0.1, 0.15) is 11.3 Å². The molecule has 1 amide bonds. The molecule has 0 fully saturated rings. The number of nitrogens with one attached hydrogen (secondary N) is 1. The summed E-state index contributed by atoms with van der Waals surface area (Å²) >= 11 is 0. The van der Waals surface area contributed by atoms with Crippen LogP contribution in [-0.4, -0.2) is 45.4 Å². The van der Waals surface area contributed by atoms with E-state index in [1.807, 2.05) is 45.0 Å². The van der Waals surface area contributed by atoms with E-state index in [2.05, 4.69) is 18.8 Å². The fourth-order valence-electron chi connectivity index (χ4n) is 4.21. The van der Waals surface area contributed by atoms with Crippen molar-refractivity contribution in [2.75, 3.05) is 6.54 Å². The molecule has 0 aliphatic rings. The molecule has 2 heterocycles. The quantitative estimate of drug-likeness (QED) is 0.338. The smallest absolute Gasteiger partial charge is 0.421 e. The van der Waals surface area contributed by atoms with Gasteiger partial charge in [0.2, 0.25) is 0 Å². The first kappa shape index (κ1) is 25.4. The van der Waals surface area contributed by atoms with Crippen LogP contribution in [-0.2, 0) is 16.4 Å². The molecule has 2 N–H and O–H groups in total. The maximum atomic E-state index is 12.9. The number of aromatic amines is 1. The minimum absolute atomic E-state index is 0.0445. The molecular formula is C27H30N4O4S. The second-order valence-corrected chi connectivity index (χ2v) is 11.1. The lowest BCUT2D eigenvalue weighted by Crippen LogP contribution is -2.37. The van der Waals surface area contributed by atoms with Crippen LogP contribution in [0.4, 0.5) is 4.79 Å². The summed E-state index contributed by atoms with van der Waals surface area (Å²) in [7, 11) is -4.16. The van der Waals surface area contributed by atoms with Crippen LogP contribution in [0.3, 0.4) is 0 Å². The molecule has 2 aromatic heterocycles. The monoisotopic (exact) mass is 506 g/mol. The number of rotatable bonds is 7. The molecule has 0 aliphatic carbocycles. The van der Waals surface area contributed by atoms with Gasteiger partial charge in [0.25, 0.3) is 10.0 Å². The molecule has 0 atom stereocenters. The third kappa shape index (κ3) is 4.83. The molecule has 0 unspecified atom stereocenters. The summed E-state index contributed by atoms with van der Waals surface area (Å²) in [5, 5.41) is 9.62. The van der Waals surface area contributed by atoms with E-state index in [4.69, 9.17) is 9.97 Å². The summed E-state index contributed by atoms with van der Waals surface area (Å²) in [4.78, 5) is 24.7. The number of aryl methyl sites for hydroxylation is 3. The average Bonchev–Trinajstić information content (AvgIpc) is 3.26. The van der Waals surface area contributed by atoms with Crippen molar-refractivity contribution in [1.29, 1.82) is 0 Å². The van der Waals surface area contributed by atoms with Crippen molar-refractivity contribution < 1.29 is 18.3 Å². The van der Waals surface area contributed by atoms with Crippen molar-refractivity contribution in [2.24, 2.45) is 0 Å². The number of benzene rings is 2. The standard InChI is InChI=1S/C27H30N4O4S/c1-16(2)26-29-24-19(5)28-18(4)23(25(24)30-26)21-10-8-20(9-11-21)14-15-31(27(32)33)36(34,35)22-12-6-17(3)7-13-22/h6-13,16H,14-15H2,1-5H3,(H,29,30)(H,32,33).